The highest BCUT2D eigenvalue weighted by atomic mass is 32.2. The molecule has 0 saturated heterocycles. The predicted molar refractivity (Wildman–Crippen MR) is 81.5 cm³/mol. The Morgan fingerprint density at radius 3 is 2.74 bits per heavy atom. The summed E-state index contributed by atoms with van der Waals surface area (Å²) < 4.78 is 10.3. The average molecular weight is 304 g/mol. The van der Waals surface area contributed by atoms with Gasteiger partial charge in [0.25, 0.3) is 0 Å². The Morgan fingerprint density at radius 2 is 2.16 bits per heavy atom. The molecule has 1 aromatic rings. The number of thioether (sulfide) groups is 1. The summed E-state index contributed by atoms with van der Waals surface area (Å²) in [4.78, 5) is 13.1. The summed E-state index contributed by atoms with van der Waals surface area (Å²) in [6.45, 7) is 6.07. The predicted octanol–water partition coefficient (Wildman–Crippen LogP) is 2.68. The molecule has 5 nitrogen and oxygen atoms in total. The third kappa shape index (κ3) is 4.29. The molecule has 0 fully saturated rings. The van der Waals surface area contributed by atoms with E-state index in [0.29, 0.717) is 36.9 Å². The third-order valence-corrected chi connectivity index (χ3v) is 4.41. The van der Waals surface area contributed by atoms with Crippen LogP contribution in [-0.4, -0.2) is 38.6 Å². The summed E-state index contributed by atoms with van der Waals surface area (Å²) in [5.41, 5.74) is 6.49. The molecular weight excluding hydrogens is 284 g/mol. The van der Waals surface area contributed by atoms with E-state index in [1.165, 1.54) is 23.1 Å². The van der Waals surface area contributed by atoms with Crippen molar-refractivity contribution in [2.24, 2.45) is 0 Å². The largest absolute Gasteiger partial charge is 0.462 e. The van der Waals surface area contributed by atoms with E-state index in [4.69, 9.17) is 15.2 Å². The summed E-state index contributed by atoms with van der Waals surface area (Å²) in [6.07, 6.45) is 1.93. The van der Waals surface area contributed by atoms with Gasteiger partial charge >= 0.3 is 5.97 Å². The number of carbonyl (C=O) groups is 1. The first kappa shape index (κ1) is 16.1. The lowest BCUT2D eigenvalue weighted by molar-refractivity contribution is 0.0533. The fourth-order valence-corrected chi connectivity index (χ4v) is 3.43. The van der Waals surface area contributed by atoms with Crippen LogP contribution in [0, 0.1) is 0 Å². The molecule has 0 saturated carbocycles. The molecule has 7 heteroatoms. The van der Waals surface area contributed by atoms with Crippen molar-refractivity contribution in [2.75, 3.05) is 43.7 Å². The number of hydrogen-bond acceptors (Lipinski definition) is 7. The van der Waals surface area contributed by atoms with Gasteiger partial charge in [0.15, 0.2) is 0 Å². The molecule has 0 radical (unpaired) electrons. The van der Waals surface area contributed by atoms with Crippen molar-refractivity contribution < 1.29 is 14.3 Å². The van der Waals surface area contributed by atoms with Crippen LogP contribution in [0.2, 0.25) is 0 Å². The minimum Gasteiger partial charge on any atom is -0.462 e. The molecule has 19 heavy (non-hydrogen) atoms. The van der Waals surface area contributed by atoms with Crippen LogP contribution in [-0.2, 0) is 9.47 Å². The van der Waals surface area contributed by atoms with Gasteiger partial charge in [-0.1, -0.05) is 0 Å². The summed E-state index contributed by atoms with van der Waals surface area (Å²) in [6, 6.07) is 0. The fourth-order valence-electron chi connectivity index (χ4n) is 1.48. The fraction of sp³-hybridized carbons (Fsp3) is 0.583. The van der Waals surface area contributed by atoms with Gasteiger partial charge in [-0.3, -0.25) is 0 Å². The van der Waals surface area contributed by atoms with Gasteiger partial charge in [-0.2, -0.15) is 0 Å². The molecule has 3 N–H and O–H groups in total. The van der Waals surface area contributed by atoms with Crippen LogP contribution in [0.5, 0.6) is 0 Å². The summed E-state index contributed by atoms with van der Waals surface area (Å²) in [7, 11) is 0. The minimum atomic E-state index is -0.363. The van der Waals surface area contributed by atoms with Crippen LogP contribution >= 0.6 is 23.1 Å². The first-order valence-electron chi connectivity index (χ1n) is 6.10. The van der Waals surface area contributed by atoms with Gasteiger partial charge in [0, 0.05) is 13.2 Å². The molecule has 0 aliphatic rings. The molecule has 0 aliphatic heterocycles. The van der Waals surface area contributed by atoms with Crippen molar-refractivity contribution in [3.05, 3.63) is 4.88 Å². The Balaban J connectivity index is 2.80. The second kappa shape index (κ2) is 8.29. The maximum atomic E-state index is 11.8. The summed E-state index contributed by atoms with van der Waals surface area (Å²) >= 11 is 2.85. The van der Waals surface area contributed by atoms with Crippen molar-refractivity contribution >= 4 is 39.8 Å². The summed E-state index contributed by atoms with van der Waals surface area (Å²) in [5.74, 6) is -0.363. The highest BCUT2D eigenvalue weighted by molar-refractivity contribution is 7.99. The van der Waals surface area contributed by atoms with E-state index in [1.54, 1.807) is 6.92 Å². The van der Waals surface area contributed by atoms with E-state index in [2.05, 4.69) is 5.32 Å². The molecule has 1 heterocycles. The van der Waals surface area contributed by atoms with Crippen molar-refractivity contribution in [1.29, 1.82) is 0 Å². The second-order valence-electron chi connectivity index (χ2n) is 3.55. The Hall–Kier alpha value is -0.920. The zero-order valence-electron chi connectivity index (χ0n) is 11.4. The van der Waals surface area contributed by atoms with Crippen LogP contribution in [0.15, 0.2) is 4.90 Å². The Labute approximate surface area is 121 Å². The average Bonchev–Trinajstić information content (AvgIpc) is 2.71. The summed E-state index contributed by atoms with van der Waals surface area (Å²) in [5, 5.41) is 4.14. The lowest BCUT2D eigenvalue weighted by atomic mass is 10.4. The maximum absolute atomic E-state index is 11.8. The number of nitrogens with two attached hydrogens (primary N) is 1. The number of esters is 1. The van der Waals surface area contributed by atoms with Crippen molar-refractivity contribution in [2.45, 2.75) is 18.7 Å². The monoisotopic (exact) mass is 304 g/mol. The van der Waals surface area contributed by atoms with Gasteiger partial charge in [-0.05, 0) is 20.1 Å². The van der Waals surface area contributed by atoms with Gasteiger partial charge in [-0.25, -0.2) is 4.79 Å². The molecule has 0 amide bonds. The van der Waals surface area contributed by atoms with E-state index in [9.17, 15) is 4.79 Å². The molecule has 0 atom stereocenters. The van der Waals surface area contributed by atoms with Crippen molar-refractivity contribution in [1.82, 2.24) is 0 Å². The topological polar surface area (TPSA) is 73.6 Å². The second-order valence-corrected chi connectivity index (χ2v) is 5.39. The number of nitrogen functional groups attached to an aromatic ring is 1. The lowest BCUT2D eigenvalue weighted by Crippen LogP contribution is -2.08. The van der Waals surface area contributed by atoms with Crippen molar-refractivity contribution in [3.8, 4) is 0 Å². The van der Waals surface area contributed by atoms with Crippen LogP contribution in [0.3, 0.4) is 0 Å². The van der Waals surface area contributed by atoms with Gasteiger partial charge in [0.2, 0.25) is 0 Å². The molecule has 0 unspecified atom stereocenters. The Kier molecular flexibility index (Phi) is 7.04. The highest BCUT2D eigenvalue weighted by Crippen LogP contribution is 2.41. The van der Waals surface area contributed by atoms with E-state index in [0.717, 1.165) is 9.90 Å². The smallest absolute Gasteiger partial charge is 0.350 e. The zero-order chi connectivity index (χ0) is 14.3. The standard InChI is InChI=1S/C12H20N2O3S2/c1-4-16-7-6-14-11-9(18-3)8(13)10(19-11)12(15)17-5-2/h14H,4-7,13H2,1-3H3. The van der Waals surface area contributed by atoms with E-state index in [1.807, 2.05) is 13.2 Å². The molecule has 1 aromatic heterocycles. The lowest BCUT2D eigenvalue weighted by Gasteiger charge is -2.05. The number of anilines is 2. The van der Waals surface area contributed by atoms with Crippen LogP contribution in [0.25, 0.3) is 0 Å². The van der Waals surface area contributed by atoms with Crippen LogP contribution < -0.4 is 11.1 Å². The number of nitrogens with one attached hydrogen (secondary N) is 1. The number of thiophene rings is 1. The minimum absolute atomic E-state index is 0.345. The number of rotatable bonds is 8. The normalized spacial score (nSPS) is 10.5. The number of hydrogen-bond donors (Lipinski definition) is 2. The zero-order valence-corrected chi connectivity index (χ0v) is 13.1. The number of ether oxygens (including phenoxy) is 2. The quantitative estimate of drug-likeness (QED) is 0.437. The van der Waals surface area contributed by atoms with Gasteiger partial charge in [0.05, 0.1) is 23.8 Å². The number of carbonyl (C=O) groups excluding carboxylic acids is 1. The highest BCUT2D eigenvalue weighted by Gasteiger charge is 2.21. The van der Waals surface area contributed by atoms with E-state index in [-0.39, 0.29) is 5.97 Å². The molecule has 0 bridgehead atoms. The Bertz CT molecular complexity index is 421. The van der Waals surface area contributed by atoms with Crippen LogP contribution in [0.1, 0.15) is 23.5 Å². The van der Waals surface area contributed by atoms with E-state index < -0.39 is 0 Å². The molecule has 1 rings (SSSR count). The molecule has 0 aromatic carbocycles. The van der Waals surface area contributed by atoms with Gasteiger partial charge in [0.1, 0.15) is 9.88 Å². The van der Waals surface area contributed by atoms with Gasteiger partial charge < -0.3 is 20.5 Å². The first-order chi connectivity index (χ1) is 9.15. The molecule has 108 valence electrons. The first-order valence-corrected chi connectivity index (χ1v) is 8.14. The van der Waals surface area contributed by atoms with Gasteiger partial charge in [-0.15, -0.1) is 23.1 Å². The van der Waals surface area contributed by atoms with E-state index >= 15 is 0 Å². The molecule has 0 spiro atoms. The third-order valence-electron chi connectivity index (χ3n) is 2.30. The molecular formula is C12H20N2O3S2. The Morgan fingerprint density at radius 1 is 1.42 bits per heavy atom. The SMILES string of the molecule is CCOCCNc1sc(C(=O)OCC)c(N)c1SC. The van der Waals surface area contributed by atoms with Crippen molar-refractivity contribution in [3.63, 3.8) is 0 Å². The van der Waals surface area contributed by atoms with Crippen LogP contribution in [0.4, 0.5) is 10.7 Å². The maximum Gasteiger partial charge on any atom is 0.350 e. The molecule has 0 aliphatic carbocycles.